The molecule has 0 aromatic carbocycles. The van der Waals surface area contributed by atoms with Crippen molar-refractivity contribution in [3.8, 4) is 0 Å². The highest BCUT2D eigenvalue weighted by Gasteiger charge is 2.48. The highest BCUT2D eigenvalue weighted by Crippen LogP contribution is 2.33. The summed E-state index contributed by atoms with van der Waals surface area (Å²) in [6.45, 7) is 5.82. The number of nitrogens with zero attached hydrogens (tertiary/aromatic N) is 4. The van der Waals surface area contributed by atoms with Crippen molar-refractivity contribution >= 4 is 11.8 Å². The summed E-state index contributed by atoms with van der Waals surface area (Å²) in [5.41, 5.74) is 0.694. The molecule has 1 aromatic heterocycles. The Kier molecular flexibility index (Phi) is 4.52. The number of carbonyl (C=O) groups is 2. The molecule has 7 nitrogen and oxygen atoms in total. The molecule has 3 fully saturated rings. The van der Waals surface area contributed by atoms with E-state index in [0.717, 1.165) is 52.4 Å². The smallest absolute Gasteiger partial charge is 0.270 e. The number of amides is 2. The largest absolute Gasteiger partial charge is 0.379 e. The van der Waals surface area contributed by atoms with Crippen LogP contribution in [0, 0.1) is 0 Å². The maximum atomic E-state index is 12.8. The molecule has 4 heterocycles. The van der Waals surface area contributed by atoms with Crippen LogP contribution in [0.3, 0.4) is 0 Å². The van der Waals surface area contributed by atoms with Gasteiger partial charge in [0, 0.05) is 52.4 Å². The minimum Gasteiger partial charge on any atom is -0.379 e. The first kappa shape index (κ1) is 16.6. The maximum Gasteiger partial charge on any atom is 0.270 e. The Labute approximate surface area is 148 Å². The summed E-state index contributed by atoms with van der Waals surface area (Å²) < 4.78 is 7.23. The number of fused-ring (bicyclic) bond motifs is 1. The molecule has 2 atom stereocenters. The fourth-order valence-electron chi connectivity index (χ4n) is 4.38. The van der Waals surface area contributed by atoms with Crippen molar-refractivity contribution in [3.05, 3.63) is 24.0 Å². The van der Waals surface area contributed by atoms with E-state index in [1.807, 2.05) is 39.7 Å². The van der Waals surface area contributed by atoms with Crippen molar-refractivity contribution in [2.24, 2.45) is 7.05 Å². The Hall–Kier alpha value is -1.86. The average Bonchev–Trinajstić information content (AvgIpc) is 3.29. The van der Waals surface area contributed by atoms with Crippen LogP contribution in [-0.4, -0.2) is 89.1 Å². The van der Waals surface area contributed by atoms with Gasteiger partial charge in [0.2, 0.25) is 5.91 Å². The quantitative estimate of drug-likeness (QED) is 0.780. The van der Waals surface area contributed by atoms with Crippen LogP contribution in [0.15, 0.2) is 18.3 Å². The molecule has 3 aliphatic rings. The average molecular weight is 346 g/mol. The number of rotatable bonds is 4. The number of likely N-dealkylation sites (tertiary alicyclic amines) is 2. The highest BCUT2D eigenvalue weighted by atomic mass is 16.5. The number of morpholine rings is 1. The monoisotopic (exact) mass is 346 g/mol. The van der Waals surface area contributed by atoms with Gasteiger partial charge in [-0.3, -0.25) is 14.5 Å². The lowest BCUT2D eigenvalue weighted by atomic mass is 10.1. The van der Waals surface area contributed by atoms with Gasteiger partial charge in [0.1, 0.15) is 5.69 Å². The van der Waals surface area contributed by atoms with E-state index in [2.05, 4.69) is 4.90 Å². The standard InChI is InChI=1S/C18H26N4O3/c1-19-5-2-3-15(19)18(24)22-6-4-14-16(22)13-17(23)21(14)8-7-20-9-11-25-12-10-20/h2-3,5,14,16H,4,6-13H2,1H3/t14-,16+/m1/s1. The molecule has 3 aliphatic heterocycles. The molecular formula is C18H26N4O3. The first-order valence-corrected chi connectivity index (χ1v) is 9.17. The van der Waals surface area contributed by atoms with E-state index in [-0.39, 0.29) is 23.9 Å². The van der Waals surface area contributed by atoms with Gasteiger partial charge in [0.25, 0.3) is 5.91 Å². The number of carbonyl (C=O) groups excluding carboxylic acids is 2. The second-order valence-electron chi connectivity index (χ2n) is 7.17. The van der Waals surface area contributed by atoms with Gasteiger partial charge >= 0.3 is 0 Å². The van der Waals surface area contributed by atoms with Crippen LogP contribution in [0.1, 0.15) is 23.3 Å². The lowest BCUT2D eigenvalue weighted by molar-refractivity contribution is -0.129. The number of aromatic nitrogens is 1. The molecule has 4 rings (SSSR count). The molecule has 0 saturated carbocycles. The summed E-state index contributed by atoms with van der Waals surface area (Å²) in [7, 11) is 1.88. The molecule has 0 radical (unpaired) electrons. The molecule has 25 heavy (non-hydrogen) atoms. The Morgan fingerprint density at radius 3 is 2.72 bits per heavy atom. The van der Waals surface area contributed by atoms with Crippen LogP contribution >= 0.6 is 0 Å². The lowest BCUT2D eigenvalue weighted by Crippen LogP contribution is -2.45. The second-order valence-corrected chi connectivity index (χ2v) is 7.17. The van der Waals surface area contributed by atoms with Gasteiger partial charge in [-0.25, -0.2) is 0 Å². The van der Waals surface area contributed by atoms with E-state index in [4.69, 9.17) is 4.74 Å². The van der Waals surface area contributed by atoms with Gasteiger partial charge in [0.05, 0.1) is 25.3 Å². The third-order valence-corrected chi connectivity index (χ3v) is 5.80. The van der Waals surface area contributed by atoms with Crippen molar-refractivity contribution in [3.63, 3.8) is 0 Å². The van der Waals surface area contributed by atoms with Crippen LogP contribution in [0.25, 0.3) is 0 Å². The number of aryl methyl sites for hydroxylation is 1. The number of ether oxygens (including phenoxy) is 1. The zero-order chi connectivity index (χ0) is 17.4. The number of hydrogen-bond donors (Lipinski definition) is 0. The molecule has 0 unspecified atom stereocenters. The Balaban J connectivity index is 1.40. The van der Waals surface area contributed by atoms with Crippen LogP contribution < -0.4 is 0 Å². The van der Waals surface area contributed by atoms with Crippen LogP contribution in [0.4, 0.5) is 0 Å². The van der Waals surface area contributed by atoms with Gasteiger partial charge < -0.3 is 19.1 Å². The summed E-state index contributed by atoms with van der Waals surface area (Å²) >= 11 is 0. The fourth-order valence-corrected chi connectivity index (χ4v) is 4.38. The third-order valence-electron chi connectivity index (χ3n) is 5.80. The zero-order valence-corrected chi connectivity index (χ0v) is 14.8. The fraction of sp³-hybridized carbons (Fsp3) is 0.667. The lowest BCUT2D eigenvalue weighted by Gasteiger charge is -2.30. The normalized spacial score (nSPS) is 27.2. The summed E-state index contributed by atoms with van der Waals surface area (Å²) in [6, 6.07) is 3.94. The van der Waals surface area contributed by atoms with Crippen molar-refractivity contribution < 1.29 is 14.3 Å². The van der Waals surface area contributed by atoms with Crippen molar-refractivity contribution in [2.75, 3.05) is 45.9 Å². The third kappa shape index (κ3) is 3.06. The highest BCUT2D eigenvalue weighted by molar-refractivity contribution is 5.94. The van der Waals surface area contributed by atoms with Gasteiger partial charge in [-0.05, 0) is 18.6 Å². The first-order chi connectivity index (χ1) is 12.1. The van der Waals surface area contributed by atoms with E-state index in [9.17, 15) is 9.59 Å². The molecule has 1 aromatic rings. The molecule has 2 amide bonds. The van der Waals surface area contributed by atoms with Crippen LogP contribution in [-0.2, 0) is 16.6 Å². The van der Waals surface area contributed by atoms with Gasteiger partial charge in [-0.1, -0.05) is 0 Å². The van der Waals surface area contributed by atoms with Gasteiger partial charge in [-0.2, -0.15) is 0 Å². The molecule has 0 aliphatic carbocycles. The van der Waals surface area contributed by atoms with E-state index in [1.54, 1.807) is 0 Å². The molecule has 3 saturated heterocycles. The summed E-state index contributed by atoms with van der Waals surface area (Å²) in [4.78, 5) is 31.6. The molecule has 7 heteroatoms. The van der Waals surface area contributed by atoms with Crippen molar-refractivity contribution in [1.29, 1.82) is 0 Å². The molecule has 136 valence electrons. The van der Waals surface area contributed by atoms with Crippen LogP contribution in [0.2, 0.25) is 0 Å². The van der Waals surface area contributed by atoms with Crippen LogP contribution in [0.5, 0.6) is 0 Å². The number of hydrogen-bond acceptors (Lipinski definition) is 4. The van der Waals surface area contributed by atoms with Crippen molar-refractivity contribution in [2.45, 2.75) is 24.9 Å². The second kappa shape index (κ2) is 6.80. The van der Waals surface area contributed by atoms with E-state index in [1.165, 1.54) is 0 Å². The predicted molar refractivity (Wildman–Crippen MR) is 92.2 cm³/mol. The minimum atomic E-state index is 0.0274. The zero-order valence-electron chi connectivity index (χ0n) is 14.8. The Morgan fingerprint density at radius 2 is 2.00 bits per heavy atom. The molecular weight excluding hydrogens is 320 g/mol. The topological polar surface area (TPSA) is 58.0 Å². The Morgan fingerprint density at radius 1 is 1.20 bits per heavy atom. The van der Waals surface area contributed by atoms with E-state index in [0.29, 0.717) is 12.1 Å². The minimum absolute atomic E-state index is 0.0274. The van der Waals surface area contributed by atoms with E-state index < -0.39 is 0 Å². The van der Waals surface area contributed by atoms with Gasteiger partial charge in [0.15, 0.2) is 0 Å². The van der Waals surface area contributed by atoms with Gasteiger partial charge in [-0.15, -0.1) is 0 Å². The maximum absolute atomic E-state index is 12.8. The first-order valence-electron chi connectivity index (χ1n) is 9.17. The molecule has 0 bridgehead atoms. The van der Waals surface area contributed by atoms with E-state index >= 15 is 0 Å². The molecule has 0 spiro atoms. The van der Waals surface area contributed by atoms with Crippen molar-refractivity contribution in [1.82, 2.24) is 19.3 Å². The summed E-state index contributed by atoms with van der Waals surface area (Å²) in [5.74, 6) is 0.232. The summed E-state index contributed by atoms with van der Waals surface area (Å²) in [5, 5.41) is 0. The molecule has 0 N–H and O–H groups in total. The summed E-state index contributed by atoms with van der Waals surface area (Å²) in [6.07, 6.45) is 3.23. The Bertz CT molecular complexity index is 653. The SMILES string of the molecule is Cn1cccc1C(=O)N1CC[C@@H]2[C@@H]1CC(=O)N2CCN1CCOCC1. The predicted octanol–water partition coefficient (Wildman–Crippen LogP) is 0.173.